The van der Waals surface area contributed by atoms with Gasteiger partial charge in [-0.3, -0.25) is 14.4 Å². The number of rotatable bonds is 68. The van der Waals surface area contributed by atoms with Crippen LogP contribution in [0.15, 0.2) is 24.3 Å². The molecule has 0 amide bonds. The Labute approximate surface area is 500 Å². The molecule has 6 heteroatoms. The van der Waals surface area contributed by atoms with E-state index < -0.39 is 6.10 Å². The van der Waals surface area contributed by atoms with Crippen LogP contribution >= 0.6 is 0 Å². The van der Waals surface area contributed by atoms with Gasteiger partial charge >= 0.3 is 17.9 Å². The molecule has 6 nitrogen and oxygen atoms in total. The standard InChI is InChI=1S/C74H140O6/c1-4-7-10-13-16-18-20-22-24-26-28-30-32-34-35-36-37-38-39-41-42-44-46-48-50-52-54-56-58-61-64-67-73(76)79-70-71(69-78-72(75)66-63-60-15-12-9-6-3)80-74(77)68-65-62-59-57-55-53-51-49-47-45-43-40-33-31-29-27-25-23-21-19-17-14-11-8-5-2/h26-29,71H,4-25,30-70H2,1-3H3/b28-26-,29-27-. The fourth-order valence-corrected chi connectivity index (χ4v) is 11.2. The lowest BCUT2D eigenvalue weighted by Gasteiger charge is -2.18. The molecule has 80 heavy (non-hydrogen) atoms. The summed E-state index contributed by atoms with van der Waals surface area (Å²) in [6.45, 7) is 6.65. The molecule has 0 aromatic rings. The second kappa shape index (κ2) is 69.4. The van der Waals surface area contributed by atoms with Crippen LogP contribution in [0.4, 0.5) is 0 Å². The minimum Gasteiger partial charge on any atom is -0.462 e. The van der Waals surface area contributed by atoms with E-state index in [9.17, 15) is 14.4 Å². The van der Waals surface area contributed by atoms with Gasteiger partial charge in [-0.15, -0.1) is 0 Å². The van der Waals surface area contributed by atoms with Gasteiger partial charge in [-0.2, -0.15) is 0 Å². The average Bonchev–Trinajstić information content (AvgIpc) is 3.46. The van der Waals surface area contributed by atoms with Crippen molar-refractivity contribution in [2.75, 3.05) is 13.2 Å². The summed E-state index contributed by atoms with van der Waals surface area (Å²) in [6, 6.07) is 0. The number of unbranched alkanes of at least 4 members (excludes halogenated alkanes) is 53. The highest BCUT2D eigenvalue weighted by Crippen LogP contribution is 2.19. The highest BCUT2D eigenvalue weighted by atomic mass is 16.6. The predicted octanol–water partition coefficient (Wildman–Crippen LogP) is 25.0. The highest BCUT2D eigenvalue weighted by molar-refractivity contribution is 5.71. The number of carbonyl (C=O) groups is 3. The molecule has 0 aliphatic rings. The Bertz CT molecular complexity index is 1290. The number of ether oxygens (including phenoxy) is 3. The first-order chi connectivity index (χ1) is 39.5. The lowest BCUT2D eigenvalue weighted by Crippen LogP contribution is -2.30. The summed E-state index contributed by atoms with van der Waals surface area (Å²) in [4.78, 5) is 38.1. The Kier molecular flexibility index (Phi) is 67.6. The number of hydrogen-bond acceptors (Lipinski definition) is 6. The van der Waals surface area contributed by atoms with Gasteiger partial charge in [0.2, 0.25) is 0 Å². The van der Waals surface area contributed by atoms with E-state index in [0.717, 1.165) is 57.8 Å². The highest BCUT2D eigenvalue weighted by Gasteiger charge is 2.19. The van der Waals surface area contributed by atoms with Crippen molar-refractivity contribution in [2.45, 2.75) is 419 Å². The Hall–Kier alpha value is -2.11. The Morgan fingerprint density at radius 1 is 0.237 bits per heavy atom. The maximum absolute atomic E-state index is 12.9. The normalized spacial score (nSPS) is 12.1. The summed E-state index contributed by atoms with van der Waals surface area (Å²) >= 11 is 0. The molecule has 0 saturated carbocycles. The van der Waals surface area contributed by atoms with Gasteiger partial charge in [-0.25, -0.2) is 0 Å². The van der Waals surface area contributed by atoms with Crippen molar-refractivity contribution in [2.24, 2.45) is 0 Å². The van der Waals surface area contributed by atoms with E-state index in [2.05, 4.69) is 45.1 Å². The van der Waals surface area contributed by atoms with Crippen molar-refractivity contribution >= 4 is 17.9 Å². The van der Waals surface area contributed by atoms with E-state index in [1.54, 1.807) is 0 Å². The lowest BCUT2D eigenvalue weighted by atomic mass is 10.0. The summed E-state index contributed by atoms with van der Waals surface area (Å²) < 4.78 is 16.9. The first kappa shape index (κ1) is 77.9. The second-order valence-corrected chi connectivity index (χ2v) is 24.9. The summed E-state index contributed by atoms with van der Waals surface area (Å²) in [5, 5.41) is 0. The first-order valence-corrected chi connectivity index (χ1v) is 36.3. The third kappa shape index (κ3) is 66.7. The zero-order valence-corrected chi connectivity index (χ0v) is 54.4. The van der Waals surface area contributed by atoms with Crippen molar-refractivity contribution in [3.05, 3.63) is 24.3 Å². The van der Waals surface area contributed by atoms with Gasteiger partial charge < -0.3 is 14.2 Å². The Morgan fingerprint density at radius 3 is 0.625 bits per heavy atom. The molecule has 0 radical (unpaired) electrons. The predicted molar refractivity (Wildman–Crippen MR) is 349 cm³/mol. The van der Waals surface area contributed by atoms with Gasteiger partial charge in [0.25, 0.3) is 0 Å². The molecule has 0 spiro atoms. The maximum Gasteiger partial charge on any atom is 0.306 e. The SMILES string of the molecule is CCCCCCCCCC/C=C\CCCCCCCCCCCCCCCCCCCCCC(=O)OCC(COC(=O)CCCCCCCC)OC(=O)CCCCCCCCCCCCCCC/C=C\CCCCCCCCCC. The van der Waals surface area contributed by atoms with Gasteiger partial charge in [0.1, 0.15) is 13.2 Å². The van der Waals surface area contributed by atoms with Crippen LogP contribution in [0.5, 0.6) is 0 Å². The molecule has 0 aromatic heterocycles. The average molecular weight is 1130 g/mol. The molecule has 0 bridgehead atoms. The fraction of sp³-hybridized carbons (Fsp3) is 0.905. The minimum atomic E-state index is -0.766. The van der Waals surface area contributed by atoms with Crippen LogP contribution in [-0.2, 0) is 28.6 Å². The molecule has 0 aliphatic carbocycles. The van der Waals surface area contributed by atoms with Crippen LogP contribution in [0.25, 0.3) is 0 Å². The van der Waals surface area contributed by atoms with E-state index in [0.29, 0.717) is 19.3 Å². The monoisotopic (exact) mass is 1130 g/mol. The fourth-order valence-electron chi connectivity index (χ4n) is 11.2. The molecule has 0 saturated heterocycles. The maximum atomic E-state index is 12.9. The molecule has 0 fully saturated rings. The van der Waals surface area contributed by atoms with Gasteiger partial charge in [0.05, 0.1) is 0 Å². The van der Waals surface area contributed by atoms with Crippen molar-refractivity contribution < 1.29 is 28.6 Å². The van der Waals surface area contributed by atoms with Crippen LogP contribution in [0.2, 0.25) is 0 Å². The van der Waals surface area contributed by atoms with E-state index in [4.69, 9.17) is 14.2 Å². The molecule has 0 rings (SSSR count). The third-order valence-electron chi connectivity index (χ3n) is 16.7. The van der Waals surface area contributed by atoms with Crippen molar-refractivity contribution in [1.82, 2.24) is 0 Å². The molecular formula is C74H140O6. The van der Waals surface area contributed by atoms with Crippen molar-refractivity contribution in [3.8, 4) is 0 Å². The van der Waals surface area contributed by atoms with Crippen molar-refractivity contribution in [3.63, 3.8) is 0 Å². The topological polar surface area (TPSA) is 78.9 Å². The molecule has 1 atom stereocenters. The van der Waals surface area contributed by atoms with Crippen LogP contribution < -0.4 is 0 Å². The number of esters is 3. The second-order valence-electron chi connectivity index (χ2n) is 24.9. The molecule has 0 aromatic carbocycles. The van der Waals surface area contributed by atoms with E-state index in [1.807, 2.05) is 0 Å². The van der Waals surface area contributed by atoms with E-state index in [1.165, 1.54) is 315 Å². The zero-order valence-electron chi connectivity index (χ0n) is 54.4. The van der Waals surface area contributed by atoms with E-state index in [-0.39, 0.29) is 31.1 Å². The third-order valence-corrected chi connectivity index (χ3v) is 16.7. The van der Waals surface area contributed by atoms with Gasteiger partial charge in [0, 0.05) is 19.3 Å². The number of hydrogen-bond donors (Lipinski definition) is 0. The smallest absolute Gasteiger partial charge is 0.306 e. The number of carbonyl (C=O) groups excluding carboxylic acids is 3. The largest absolute Gasteiger partial charge is 0.462 e. The summed E-state index contributed by atoms with van der Waals surface area (Å²) in [7, 11) is 0. The van der Waals surface area contributed by atoms with E-state index >= 15 is 0 Å². The molecule has 0 heterocycles. The van der Waals surface area contributed by atoms with Crippen LogP contribution in [0, 0.1) is 0 Å². The number of allylic oxidation sites excluding steroid dienone is 4. The van der Waals surface area contributed by atoms with Crippen LogP contribution in [0.3, 0.4) is 0 Å². The molecule has 1 unspecified atom stereocenters. The van der Waals surface area contributed by atoms with Crippen LogP contribution in [-0.4, -0.2) is 37.2 Å². The molecule has 472 valence electrons. The summed E-state index contributed by atoms with van der Waals surface area (Å²) in [6.07, 6.45) is 85.5. The molecule has 0 aliphatic heterocycles. The van der Waals surface area contributed by atoms with Gasteiger partial charge in [-0.05, 0) is 70.6 Å². The lowest BCUT2D eigenvalue weighted by molar-refractivity contribution is -0.167. The quantitative estimate of drug-likeness (QED) is 0.0261. The summed E-state index contributed by atoms with van der Waals surface area (Å²) in [5.74, 6) is -0.847. The molecule has 0 N–H and O–H groups in total. The summed E-state index contributed by atoms with van der Waals surface area (Å²) in [5.41, 5.74) is 0. The van der Waals surface area contributed by atoms with Crippen molar-refractivity contribution in [1.29, 1.82) is 0 Å². The minimum absolute atomic E-state index is 0.0655. The molecular weight excluding hydrogens is 985 g/mol. The van der Waals surface area contributed by atoms with Gasteiger partial charge in [0.15, 0.2) is 6.10 Å². The van der Waals surface area contributed by atoms with Gasteiger partial charge in [-0.1, -0.05) is 347 Å². The van der Waals surface area contributed by atoms with Crippen LogP contribution in [0.1, 0.15) is 412 Å². The zero-order chi connectivity index (χ0) is 57.8. The Morgan fingerprint density at radius 2 is 0.412 bits per heavy atom. The Balaban J connectivity index is 3.94. The first-order valence-electron chi connectivity index (χ1n) is 36.3.